The number of hydrogen-bond donors (Lipinski definition) is 1. The Morgan fingerprint density at radius 1 is 1.31 bits per heavy atom. The minimum atomic E-state index is -0.380. The summed E-state index contributed by atoms with van der Waals surface area (Å²) < 4.78 is 5.79. The molecule has 2 unspecified atom stereocenters. The fourth-order valence-electron chi connectivity index (χ4n) is 1.99. The van der Waals surface area contributed by atoms with E-state index in [2.05, 4.69) is 18.7 Å². The number of aliphatic hydroxyl groups is 1. The van der Waals surface area contributed by atoms with E-state index >= 15 is 0 Å². The highest BCUT2D eigenvalue weighted by molar-refractivity contribution is 5.13. The van der Waals surface area contributed by atoms with Gasteiger partial charge in [0.15, 0.2) is 0 Å². The summed E-state index contributed by atoms with van der Waals surface area (Å²) in [6.45, 7) is 4.47. The van der Waals surface area contributed by atoms with Crippen LogP contribution in [0.3, 0.4) is 0 Å². The summed E-state index contributed by atoms with van der Waals surface area (Å²) in [6.07, 6.45) is 2.32. The van der Waals surface area contributed by atoms with Crippen molar-refractivity contribution >= 4 is 0 Å². The summed E-state index contributed by atoms with van der Waals surface area (Å²) in [5.74, 6) is 0. The van der Waals surface area contributed by atoms with Crippen LogP contribution in [0.15, 0.2) is 42.5 Å². The molecule has 0 spiro atoms. The van der Waals surface area contributed by atoms with E-state index in [1.54, 1.807) is 0 Å². The molecule has 1 aromatic carbocycles. The van der Waals surface area contributed by atoms with Crippen LogP contribution in [-0.2, 0) is 11.3 Å². The topological polar surface area (TPSA) is 29.5 Å². The monoisotopic (exact) mass is 218 g/mol. The van der Waals surface area contributed by atoms with Gasteiger partial charge in [0.05, 0.1) is 18.8 Å². The van der Waals surface area contributed by atoms with Crippen LogP contribution in [0.5, 0.6) is 0 Å². The van der Waals surface area contributed by atoms with Gasteiger partial charge in [0.2, 0.25) is 0 Å². The predicted octanol–water partition coefficient (Wildman–Crippen LogP) is 2.67. The molecular weight excluding hydrogens is 200 g/mol. The van der Waals surface area contributed by atoms with Crippen molar-refractivity contribution in [2.75, 3.05) is 0 Å². The van der Waals surface area contributed by atoms with Gasteiger partial charge >= 0.3 is 0 Å². The average molecular weight is 218 g/mol. The molecule has 0 amide bonds. The Bertz CT molecular complexity index is 345. The quantitative estimate of drug-likeness (QED) is 0.790. The lowest BCUT2D eigenvalue weighted by Crippen LogP contribution is -2.27. The van der Waals surface area contributed by atoms with E-state index in [4.69, 9.17) is 4.74 Å². The van der Waals surface area contributed by atoms with E-state index in [-0.39, 0.29) is 12.2 Å². The molecule has 1 N–H and O–H groups in total. The van der Waals surface area contributed by atoms with E-state index in [1.807, 2.05) is 18.2 Å². The van der Waals surface area contributed by atoms with Gasteiger partial charge in [-0.2, -0.15) is 0 Å². The van der Waals surface area contributed by atoms with Gasteiger partial charge in [-0.25, -0.2) is 0 Å². The third-order valence-corrected chi connectivity index (χ3v) is 3.07. The van der Waals surface area contributed by atoms with Crippen molar-refractivity contribution in [2.24, 2.45) is 0 Å². The molecule has 1 fully saturated rings. The highest BCUT2D eigenvalue weighted by atomic mass is 16.5. The zero-order valence-electron chi connectivity index (χ0n) is 9.43. The zero-order chi connectivity index (χ0) is 11.4. The SMILES string of the molecule is C=C1CCC(OCc2ccccc2)CC1O. The Kier molecular flexibility index (Phi) is 3.75. The second-order valence-electron chi connectivity index (χ2n) is 4.37. The van der Waals surface area contributed by atoms with Gasteiger partial charge in [0.1, 0.15) is 0 Å². The summed E-state index contributed by atoms with van der Waals surface area (Å²) in [5.41, 5.74) is 2.13. The molecule has 2 rings (SSSR count). The molecule has 1 aliphatic rings. The van der Waals surface area contributed by atoms with Crippen LogP contribution in [0.2, 0.25) is 0 Å². The van der Waals surface area contributed by atoms with E-state index in [0.717, 1.165) is 18.4 Å². The van der Waals surface area contributed by atoms with Gasteiger partial charge in [-0.05, 0) is 24.0 Å². The van der Waals surface area contributed by atoms with Crippen molar-refractivity contribution in [1.82, 2.24) is 0 Å². The lowest BCUT2D eigenvalue weighted by atomic mass is 9.91. The molecule has 1 aromatic rings. The van der Waals surface area contributed by atoms with Crippen LogP contribution in [0, 0.1) is 0 Å². The molecule has 1 aliphatic carbocycles. The summed E-state index contributed by atoms with van der Waals surface area (Å²) in [4.78, 5) is 0. The first-order chi connectivity index (χ1) is 7.75. The number of ether oxygens (including phenoxy) is 1. The number of aliphatic hydroxyl groups excluding tert-OH is 1. The Labute approximate surface area is 96.6 Å². The molecule has 2 nitrogen and oxygen atoms in total. The Hall–Kier alpha value is -1.12. The normalized spacial score (nSPS) is 25.7. The standard InChI is InChI=1S/C14H18O2/c1-11-7-8-13(9-14(11)15)16-10-12-5-3-2-4-6-12/h2-6,13-15H,1,7-10H2. The predicted molar refractivity (Wildman–Crippen MR) is 64.0 cm³/mol. The second kappa shape index (κ2) is 5.28. The van der Waals surface area contributed by atoms with Gasteiger partial charge in [-0.1, -0.05) is 36.9 Å². The van der Waals surface area contributed by atoms with Crippen LogP contribution in [0.1, 0.15) is 24.8 Å². The zero-order valence-corrected chi connectivity index (χ0v) is 9.43. The van der Waals surface area contributed by atoms with Crippen LogP contribution >= 0.6 is 0 Å². The fraction of sp³-hybridized carbons (Fsp3) is 0.429. The lowest BCUT2D eigenvalue weighted by molar-refractivity contribution is -0.00612. The third-order valence-electron chi connectivity index (χ3n) is 3.07. The highest BCUT2D eigenvalue weighted by Gasteiger charge is 2.23. The van der Waals surface area contributed by atoms with Gasteiger partial charge < -0.3 is 9.84 Å². The lowest BCUT2D eigenvalue weighted by Gasteiger charge is -2.27. The smallest absolute Gasteiger partial charge is 0.0772 e. The summed E-state index contributed by atoms with van der Waals surface area (Å²) >= 11 is 0. The molecule has 0 aliphatic heterocycles. The molecule has 0 saturated heterocycles. The van der Waals surface area contributed by atoms with Crippen molar-refractivity contribution in [3.8, 4) is 0 Å². The molecule has 0 aromatic heterocycles. The van der Waals surface area contributed by atoms with Crippen LogP contribution in [0.25, 0.3) is 0 Å². The molecule has 2 atom stereocenters. The number of benzene rings is 1. The fourth-order valence-corrected chi connectivity index (χ4v) is 1.99. The van der Waals surface area contributed by atoms with Gasteiger partial charge in [-0.15, -0.1) is 0 Å². The minimum absolute atomic E-state index is 0.167. The first kappa shape index (κ1) is 11.4. The first-order valence-corrected chi connectivity index (χ1v) is 5.77. The maximum absolute atomic E-state index is 9.67. The van der Waals surface area contributed by atoms with E-state index in [9.17, 15) is 5.11 Å². The van der Waals surface area contributed by atoms with E-state index in [1.165, 1.54) is 5.56 Å². The largest absolute Gasteiger partial charge is 0.389 e. The molecule has 0 heterocycles. The van der Waals surface area contributed by atoms with E-state index in [0.29, 0.717) is 13.0 Å². The molecule has 1 saturated carbocycles. The summed E-state index contributed by atoms with van der Waals surface area (Å²) in [6, 6.07) is 10.1. The van der Waals surface area contributed by atoms with Crippen molar-refractivity contribution in [2.45, 2.75) is 38.1 Å². The number of hydrogen-bond acceptors (Lipinski definition) is 2. The maximum atomic E-state index is 9.67. The van der Waals surface area contributed by atoms with E-state index < -0.39 is 0 Å². The molecule has 86 valence electrons. The van der Waals surface area contributed by atoms with Crippen LogP contribution in [-0.4, -0.2) is 17.3 Å². The Morgan fingerprint density at radius 2 is 2.06 bits per heavy atom. The van der Waals surface area contributed by atoms with Gasteiger partial charge in [-0.3, -0.25) is 0 Å². The second-order valence-corrected chi connectivity index (χ2v) is 4.37. The molecular formula is C14H18O2. The van der Waals surface area contributed by atoms with Gasteiger partial charge in [0.25, 0.3) is 0 Å². The van der Waals surface area contributed by atoms with Crippen LogP contribution < -0.4 is 0 Å². The van der Waals surface area contributed by atoms with Crippen molar-refractivity contribution in [3.05, 3.63) is 48.0 Å². The van der Waals surface area contributed by atoms with Crippen molar-refractivity contribution in [1.29, 1.82) is 0 Å². The summed E-state index contributed by atoms with van der Waals surface area (Å²) in [5, 5.41) is 9.67. The summed E-state index contributed by atoms with van der Waals surface area (Å²) in [7, 11) is 0. The molecule has 0 bridgehead atoms. The average Bonchev–Trinajstić information content (AvgIpc) is 2.32. The van der Waals surface area contributed by atoms with Crippen LogP contribution in [0.4, 0.5) is 0 Å². The van der Waals surface area contributed by atoms with Crippen molar-refractivity contribution < 1.29 is 9.84 Å². The highest BCUT2D eigenvalue weighted by Crippen LogP contribution is 2.25. The Balaban J connectivity index is 1.81. The third kappa shape index (κ3) is 2.94. The van der Waals surface area contributed by atoms with Gasteiger partial charge in [0, 0.05) is 6.42 Å². The molecule has 2 heteroatoms. The van der Waals surface area contributed by atoms with Crippen molar-refractivity contribution in [3.63, 3.8) is 0 Å². The Morgan fingerprint density at radius 3 is 2.75 bits per heavy atom. The first-order valence-electron chi connectivity index (χ1n) is 5.77. The number of rotatable bonds is 3. The molecule has 16 heavy (non-hydrogen) atoms. The molecule has 0 radical (unpaired) electrons. The maximum Gasteiger partial charge on any atom is 0.0772 e. The minimum Gasteiger partial charge on any atom is -0.389 e.